The van der Waals surface area contributed by atoms with E-state index in [0.29, 0.717) is 6.54 Å². The average Bonchev–Trinajstić information content (AvgIpc) is 3.37. The van der Waals surface area contributed by atoms with Crippen LogP contribution in [0, 0.1) is 0 Å². The van der Waals surface area contributed by atoms with Crippen molar-refractivity contribution in [1.82, 2.24) is 10.2 Å². The molecule has 0 radical (unpaired) electrons. The molecular formula is C25H31N3O2S. The van der Waals surface area contributed by atoms with Crippen molar-refractivity contribution in [2.24, 2.45) is 0 Å². The molecule has 2 aliphatic rings. The number of nitrogens with zero attached hydrogens (tertiary/aromatic N) is 2. The van der Waals surface area contributed by atoms with Crippen LogP contribution in [-0.4, -0.2) is 57.2 Å². The van der Waals surface area contributed by atoms with Crippen molar-refractivity contribution < 1.29 is 9.53 Å². The van der Waals surface area contributed by atoms with E-state index in [2.05, 4.69) is 56.3 Å². The first kappa shape index (κ1) is 21.5. The summed E-state index contributed by atoms with van der Waals surface area (Å²) < 4.78 is 5.50. The van der Waals surface area contributed by atoms with E-state index in [0.717, 1.165) is 55.4 Å². The van der Waals surface area contributed by atoms with Crippen LogP contribution in [0.2, 0.25) is 0 Å². The smallest absolute Gasteiger partial charge is 0.252 e. The number of hydrogen-bond acceptors (Lipinski definition) is 4. The summed E-state index contributed by atoms with van der Waals surface area (Å²) in [4.78, 5) is 18.8. The molecule has 1 saturated heterocycles. The third-order valence-corrected chi connectivity index (χ3v) is 7.70. The van der Waals surface area contributed by atoms with Gasteiger partial charge in [-0.25, -0.2) is 0 Å². The van der Waals surface area contributed by atoms with E-state index in [-0.39, 0.29) is 5.91 Å². The molecular weight excluding hydrogens is 406 g/mol. The average molecular weight is 438 g/mol. The molecule has 5 nitrogen and oxygen atoms in total. The molecule has 1 fully saturated rings. The summed E-state index contributed by atoms with van der Waals surface area (Å²) in [5.74, 6) is 0.969. The minimum atomic E-state index is -0.494. The number of allylic oxidation sites excluding steroid dienone is 2. The van der Waals surface area contributed by atoms with Gasteiger partial charge in [0.2, 0.25) is 0 Å². The highest BCUT2D eigenvalue weighted by Crippen LogP contribution is 2.43. The van der Waals surface area contributed by atoms with Crippen LogP contribution in [-0.2, 0) is 0 Å². The zero-order valence-electron chi connectivity index (χ0n) is 18.0. The number of carbonyl (C=O) groups is 1. The summed E-state index contributed by atoms with van der Waals surface area (Å²) in [5.41, 5.74) is 1.97. The van der Waals surface area contributed by atoms with Crippen molar-refractivity contribution in [2.75, 3.05) is 51.3 Å². The van der Waals surface area contributed by atoms with Gasteiger partial charge in [-0.2, -0.15) is 10.9 Å². The molecule has 6 heteroatoms. The van der Waals surface area contributed by atoms with Crippen molar-refractivity contribution in [3.8, 4) is 5.75 Å². The Hall–Kier alpha value is -2.70. The highest BCUT2D eigenvalue weighted by Gasteiger charge is 2.19. The lowest BCUT2D eigenvalue weighted by Crippen LogP contribution is -2.47. The summed E-state index contributed by atoms with van der Waals surface area (Å²) in [5, 5.41) is 7.49. The van der Waals surface area contributed by atoms with Crippen molar-refractivity contribution in [2.45, 2.75) is 11.3 Å². The highest BCUT2D eigenvalue weighted by molar-refractivity contribution is 8.22. The zero-order chi connectivity index (χ0) is 21.5. The van der Waals surface area contributed by atoms with E-state index < -0.39 is 10.9 Å². The zero-order valence-corrected chi connectivity index (χ0v) is 18.9. The molecule has 0 saturated carbocycles. The summed E-state index contributed by atoms with van der Waals surface area (Å²) in [6.07, 6.45) is 5.08. The van der Waals surface area contributed by atoms with Crippen LogP contribution in [0.25, 0.3) is 0 Å². The Morgan fingerprint density at radius 3 is 2.48 bits per heavy atom. The third kappa shape index (κ3) is 5.32. The maximum absolute atomic E-state index is 12.8. The Morgan fingerprint density at radius 1 is 1.00 bits per heavy atom. The second kappa shape index (κ2) is 10.6. The first-order valence-corrected chi connectivity index (χ1v) is 12.3. The molecule has 0 aliphatic carbocycles. The predicted molar refractivity (Wildman–Crippen MR) is 131 cm³/mol. The fraction of sp³-hybridized carbons (Fsp3) is 0.320. The second-order valence-electron chi connectivity index (χ2n) is 7.72. The molecule has 0 aromatic heterocycles. The summed E-state index contributed by atoms with van der Waals surface area (Å²) in [6, 6.07) is 16.2. The van der Waals surface area contributed by atoms with Gasteiger partial charge in [0, 0.05) is 37.6 Å². The van der Waals surface area contributed by atoms with Crippen LogP contribution in [0.5, 0.6) is 5.75 Å². The van der Waals surface area contributed by atoms with E-state index in [1.807, 2.05) is 30.3 Å². The molecule has 0 spiro atoms. The number of ether oxygens (including phenoxy) is 1. The van der Waals surface area contributed by atoms with Crippen molar-refractivity contribution in [3.05, 3.63) is 77.1 Å². The number of nitrogens with one attached hydrogen (secondary N) is 1. The van der Waals surface area contributed by atoms with Crippen LogP contribution in [0.3, 0.4) is 0 Å². The Morgan fingerprint density at radius 2 is 1.71 bits per heavy atom. The largest absolute Gasteiger partial charge is 0.495 e. The maximum Gasteiger partial charge on any atom is 0.252 e. The van der Waals surface area contributed by atoms with Gasteiger partial charge in [-0.3, -0.25) is 9.69 Å². The highest BCUT2D eigenvalue weighted by atomic mass is 32.2. The van der Waals surface area contributed by atoms with Crippen LogP contribution >= 0.6 is 10.9 Å². The van der Waals surface area contributed by atoms with Gasteiger partial charge in [-0.15, -0.1) is 0 Å². The number of carbonyl (C=O) groups excluding carboxylic acids is 1. The predicted octanol–water partition coefficient (Wildman–Crippen LogP) is 4.04. The third-order valence-electron chi connectivity index (χ3n) is 5.77. The monoisotopic (exact) mass is 437 g/mol. The number of methoxy groups -OCH3 is 1. The van der Waals surface area contributed by atoms with Crippen molar-refractivity contribution in [1.29, 1.82) is 0 Å². The lowest BCUT2D eigenvalue weighted by Gasteiger charge is -2.36. The quantitative estimate of drug-likeness (QED) is 0.483. The number of piperazine rings is 1. The van der Waals surface area contributed by atoms with Crippen molar-refractivity contribution >= 4 is 22.5 Å². The minimum Gasteiger partial charge on any atom is -0.495 e. The molecule has 0 bridgehead atoms. The molecule has 2 heterocycles. The van der Waals surface area contributed by atoms with Crippen LogP contribution < -0.4 is 15.0 Å². The normalized spacial score (nSPS) is 17.2. The summed E-state index contributed by atoms with van der Waals surface area (Å²) in [6.45, 7) is 5.73. The topological polar surface area (TPSA) is 44.8 Å². The van der Waals surface area contributed by atoms with Gasteiger partial charge in [-0.05, 0) is 48.0 Å². The van der Waals surface area contributed by atoms with Gasteiger partial charge in [0.1, 0.15) is 5.75 Å². The maximum atomic E-state index is 12.8. The van der Waals surface area contributed by atoms with Crippen molar-refractivity contribution in [3.63, 3.8) is 0 Å². The number of rotatable bonds is 8. The van der Waals surface area contributed by atoms with Gasteiger partial charge in [-0.1, -0.05) is 36.4 Å². The molecule has 1 N–H and O–H groups in total. The van der Waals surface area contributed by atoms with Crippen LogP contribution in [0.15, 0.2) is 76.4 Å². The summed E-state index contributed by atoms with van der Waals surface area (Å²) >= 11 is 0. The molecule has 2 aromatic carbocycles. The lowest BCUT2D eigenvalue weighted by atomic mass is 10.2. The summed E-state index contributed by atoms with van der Waals surface area (Å²) in [7, 11) is 1.23. The van der Waals surface area contributed by atoms with Crippen LogP contribution in [0.4, 0.5) is 5.69 Å². The molecule has 0 atom stereocenters. The Balaban J connectivity index is 1.21. The standard InChI is InChI=1S/C25H31N3O2S/c1-30-23-11-4-3-10-22(23)28-17-15-27(16-18-28)14-8-13-26-25(29)21-9-2-5-12-24(21)31-19-6-7-20-31/h2-7,9-12,19-20,31H,8,13-18H2,1H3,(H,26,29). The second-order valence-corrected chi connectivity index (χ2v) is 9.61. The van der Waals surface area contributed by atoms with Crippen LogP contribution in [0.1, 0.15) is 16.8 Å². The van der Waals surface area contributed by atoms with E-state index >= 15 is 0 Å². The number of hydrogen-bond donors (Lipinski definition) is 2. The SMILES string of the molecule is COc1ccccc1N1CCN(CCCNC(=O)c2ccccc2[SH]2C=CC=C2)CC1. The first-order valence-electron chi connectivity index (χ1n) is 10.9. The molecule has 31 heavy (non-hydrogen) atoms. The van der Waals surface area contributed by atoms with E-state index in [9.17, 15) is 4.79 Å². The lowest BCUT2D eigenvalue weighted by molar-refractivity contribution is 0.0948. The Labute approximate surface area is 187 Å². The Bertz CT molecular complexity index is 939. The van der Waals surface area contributed by atoms with Gasteiger partial charge >= 0.3 is 0 Å². The minimum absolute atomic E-state index is 0.0350. The molecule has 1 amide bonds. The molecule has 164 valence electrons. The number of para-hydroxylation sites is 2. The van der Waals surface area contributed by atoms with E-state index in [1.54, 1.807) is 7.11 Å². The Kier molecular flexibility index (Phi) is 7.33. The fourth-order valence-corrected chi connectivity index (χ4v) is 5.79. The van der Waals surface area contributed by atoms with Gasteiger partial charge in [0.05, 0.1) is 18.4 Å². The number of benzene rings is 2. The van der Waals surface area contributed by atoms with E-state index in [1.165, 1.54) is 5.69 Å². The van der Waals surface area contributed by atoms with Gasteiger partial charge < -0.3 is 15.0 Å². The first-order chi connectivity index (χ1) is 15.3. The van der Waals surface area contributed by atoms with Gasteiger partial charge in [0.15, 0.2) is 0 Å². The number of thiol groups is 1. The van der Waals surface area contributed by atoms with E-state index in [4.69, 9.17) is 4.74 Å². The number of anilines is 1. The number of amides is 1. The van der Waals surface area contributed by atoms with Gasteiger partial charge in [0.25, 0.3) is 5.91 Å². The molecule has 2 aliphatic heterocycles. The molecule has 2 aromatic rings. The molecule has 4 rings (SSSR count). The molecule has 0 unspecified atom stereocenters. The fourth-order valence-electron chi connectivity index (χ4n) is 4.09.